The van der Waals surface area contributed by atoms with Gasteiger partial charge in [0.05, 0.1) is 0 Å². The van der Waals surface area contributed by atoms with Crippen LogP contribution in [0.3, 0.4) is 0 Å². The summed E-state index contributed by atoms with van der Waals surface area (Å²) >= 11 is 0. The van der Waals surface area contributed by atoms with Crippen LogP contribution in [0.2, 0.25) is 0 Å². The third kappa shape index (κ3) is 5.72. The van der Waals surface area contributed by atoms with Gasteiger partial charge in [-0.15, -0.1) is 0 Å². The minimum atomic E-state index is 0.816. The molecule has 0 aromatic heterocycles. The van der Waals surface area contributed by atoms with Gasteiger partial charge in [0.25, 0.3) is 0 Å². The summed E-state index contributed by atoms with van der Waals surface area (Å²) in [7, 11) is 0. The highest BCUT2D eigenvalue weighted by Crippen LogP contribution is 2.32. The maximum absolute atomic E-state index is 2.41. The van der Waals surface area contributed by atoms with Crippen LogP contribution in [0.15, 0.2) is 12.2 Å². The van der Waals surface area contributed by atoms with E-state index < -0.39 is 0 Å². The molecule has 1 aliphatic rings. The third-order valence-corrected chi connectivity index (χ3v) is 4.06. The summed E-state index contributed by atoms with van der Waals surface area (Å²) in [6.07, 6.45) is 16.2. The molecule has 0 nitrogen and oxygen atoms in total. The maximum Gasteiger partial charge on any atom is -0.0327 e. The van der Waals surface area contributed by atoms with Gasteiger partial charge in [0, 0.05) is 0 Å². The molecule has 0 amide bonds. The molecule has 1 fully saturated rings. The molecule has 0 saturated heterocycles. The van der Waals surface area contributed by atoms with Crippen molar-refractivity contribution in [1.82, 2.24) is 0 Å². The lowest BCUT2D eigenvalue weighted by molar-refractivity contribution is 0.259. The molecule has 0 aromatic carbocycles. The van der Waals surface area contributed by atoms with Gasteiger partial charge in [-0.1, -0.05) is 65.0 Å². The van der Waals surface area contributed by atoms with Crippen molar-refractivity contribution in [2.45, 2.75) is 72.1 Å². The van der Waals surface area contributed by atoms with Gasteiger partial charge in [-0.05, 0) is 37.0 Å². The SMILES string of the molecule is CCC1CCC(CC/C=C\CC(C)C)CC1. The fraction of sp³-hybridized carbons (Fsp3) is 0.875. The summed E-state index contributed by atoms with van der Waals surface area (Å²) in [4.78, 5) is 0. The number of rotatable bonds is 6. The highest BCUT2D eigenvalue weighted by molar-refractivity contribution is 4.84. The van der Waals surface area contributed by atoms with Crippen LogP contribution in [0.5, 0.6) is 0 Å². The third-order valence-electron chi connectivity index (χ3n) is 4.06. The topological polar surface area (TPSA) is 0 Å². The summed E-state index contributed by atoms with van der Waals surface area (Å²) in [6.45, 7) is 6.92. The first-order valence-electron chi connectivity index (χ1n) is 7.37. The number of allylic oxidation sites excluding steroid dienone is 2. The van der Waals surface area contributed by atoms with E-state index in [0.29, 0.717) is 0 Å². The first-order valence-corrected chi connectivity index (χ1v) is 7.37. The van der Waals surface area contributed by atoms with E-state index in [0.717, 1.165) is 17.8 Å². The van der Waals surface area contributed by atoms with E-state index in [1.54, 1.807) is 0 Å². The average molecular weight is 222 g/mol. The highest BCUT2D eigenvalue weighted by Gasteiger charge is 2.18. The zero-order chi connectivity index (χ0) is 11.8. The molecule has 0 spiro atoms. The lowest BCUT2D eigenvalue weighted by atomic mass is 9.79. The molecule has 94 valence electrons. The van der Waals surface area contributed by atoms with Crippen LogP contribution in [0.4, 0.5) is 0 Å². The minimum absolute atomic E-state index is 0.816. The molecule has 0 aliphatic heterocycles. The first kappa shape index (κ1) is 13.8. The maximum atomic E-state index is 2.41. The molecule has 0 aromatic rings. The number of hydrogen-bond acceptors (Lipinski definition) is 0. The lowest BCUT2D eigenvalue weighted by Gasteiger charge is -2.27. The molecule has 1 saturated carbocycles. The lowest BCUT2D eigenvalue weighted by Crippen LogP contribution is -2.13. The Morgan fingerprint density at radius 3 is 2.19 bits per heavy atom. The molecule has 1 rings (SSSR count). The highest BCUT2D eigenvalue weighted by atomic mass is 14.2. The first-order chi connectivity index (χ1) is 7.72. The Morgan fingerprint density at radius 2 is 1.62 bits per heavy atom. The van der Waals surface area contributed by atoms with E-state index in [-0.39, 0.29) is 0 Å². The van der Waals surface area contributed by atoms with Crippen LogP contribution in [-0.4, -0.2) is 0 Å². The Labute approximate surface area is 103 Å². The molecule has 0 unspecified atom stereocenters. The van der Waals surface area contributed by atoms with Crippen LogP contribution in [0, 0.1) is 17.8 Å². The second kappa shape index (κ2) is 7.92. The van der Waals surface area contributed by atoms with Crippen molar-refractivity contribution in [3.8, 4) is 0 Å². The van der Waals surface area contributed by atoms with E-state index in [1.807, 2.05) is 0 Å². The summed E-state index contributed by atoms with van der Waals surface area (Å²) in [5.74, 6) is 2.90. The zero-order valence-corrected chi connectivity index (χ0v) is 11.5. The van der Waals surface area contributed by atoms with Gasteiger partial charge in [-0.3, -0.25) is 0 Å². The van der Waals surface area contributed by atoms with Crippen molar-refractivity contribution in [1.29, 1.82) is 0 Å². The summed E-state index contributed by atoms with van der Waals surface area (Å²) in [5, 5.41) is 0. The van der Waals surface area contributed by atoms with E-state index >= 15 is 0 Å². The molecule has 1 aliphatic carbocycles. The van der Waals surface area contributed by atoms with Crippen molar-refractivity contribution >= 4 is 0 Å². The Morgan fingerprint density at radius 1 is 1.00 bits per heavy atom. The normalized spacial score (nSPS) is 26.8. The minimum Gasteiger partial charge on any atom is -0.0885 e. The predicted octanol–water partition coefficient (Wildman–Crippen LogP) is 5.59. The summed E-state index contributed by atoms with van der Waals surface area (Å²) in [5.41, 5.74) is 0. The van der Waals surface area contributed by atoms with E-state index in [2.05, 4.69) is 32.9 Å². The Balaban J connectivity index is 2.04. The smallest absolute Gasteiger partial charge is 0.0327 e. The largest absolute Gasteiger partial charge is 0.0885 e. The van der Waals surface area contributed by atoms with E-state index in [9.17, 15) is 0 Å². The molecule has 0 N–H and O–H groups in total. The van der Waals surface area contributed by atoms with Crippen molar-refractivity contribution in [3.63, 3.8) is 0 Å². The second-order valence-electron chi connectivity index (χ2n) is 5.97. The quantitative estimate of drug-likeness (QED) is 0.514. The van der Waals surface area contributed by atoms with Gasteiger partial charge in [0.2, 0.25) is 0 Å². The average Bonchev–Trinajstić information content (AvgIpc) is 2.29. The van der Waals surface area contributed by atoms with Crippen LogP contribution < -0.4 is 0 Å². The molecular formula is C16H30. The van der Waals surface area contributed by atoms with Crippen molar-refractivity contribution in [2.24, 2.45) is 17.8 Å². The van der Waals surface area contributed by atoms with Gasteiger partial charge >= 0.3 is 0 Å². The molecule has 0 atom stereocenters. The van der Waals surface area contributed by atoms with Crippen molar-refractivity contribution in [3.05, 3.63) is 12.2 Å². The zero-order valence-electron chi connectivity index (χ0n) is 11.5. The fourth-order valence-electron chi connectivity index (χ4n) is 2.75. The standard InChI is InChI=1S/C16H30/c1-4-15-10-12-16(13-11-15)9-7-5-6-8-14(2)3/h5-6,14-16H,4,7-13H2,1-3H3/b6-5-. The van der Waals surface area contributed by atoms with E-state index in [4.69, 9.17) is 0 Å². The van der Waals surface area contributed by atoms with Crippen LogP contribution in [0.25, 0.3) is 0 Å². The molecular weight excluding hydrogens is 192 g/mol. The Bertz CT molecular complexity index is 182. The molecule has 0 bridgehead atoms. The van der Waals surface area contributed by atoms with Crippen LogP contribution >= 0.6 is 0 Å². The van der Waals surface area contributed by atoms with Gasteiger partial charge in [0.15, 0.2) is 0 Å². The molecule has 0 heteroatoms. The van der Waals surface area contributed by atoms with Gasteiger partial charge in [0.1, 0.15) is 0 Å². The Hall–Kier alpha value is -0.260. The molecule has 0 heterocycles. The van der Waals surface area contributed by atoms with Gasteiger partial charge in [-0.25, -0.2) is 0 Å². The Kier molecular flexibility index (Phi) is 6.84. The van der Waals surface area contributed by atoms with E-state index in [1.165, 1.54) is 51.4 Å². The summed E-state index contributed by atoms with van der Waals surface area (Å²) in [6, 6.07) is 0. The number of hydrogen-bond donors (Lipinski definition) is 0. The predicted molar refractivity (Wildman–Crippen MR) is 73.6 cm³/mol. The summed E-state index contributed by atoms with van der Waals surface area (Å²) < 4.78 is 0. The van der Waals surface area contributed by atoms with Gasteiger partial charge < -0.3 is 0 Å². The molecule has 16 heavy (non-hydrogen) atoms. The van der Waals surface area contributed by atoms with Crippen LogP contribution in [0.1, 0.15) is 72.1 Å². The second-order valence-corrected chi connectivity index (χ2v) is 5.97. The fourth-order valence-corrected chi connectivity index (χ4v) is 2.75. The van der Waals surface area contributed by atoms with Crippen molar-refractivity contribution in [2.75, 3.05) is 0 Å². The monoisotopic (exact) mass is 222 g/mol. The molecule has 0 radical (unpaired) electrons. The van der Waals surface area contributed by atoms with Gasteiger partial charge in [-0.2, -0.15) is 0 Å². The van der Waals surface area contributed by atoms with Crippen molar-refractivity contribution < 1.29 is 0 Å². The van der Waals surface area contributed by atoms with Crippen LogP contribution in [-0.2, 0) is 0 Å².